The van der Waals surface area contributed by atoms with Crippen LogP contribution in [0.1, 0.15) is 15.9 Å². The van der Waals surface area contributed by atoms with Crippen molar-refractivity contribution in [3.05, 3.63) is 72.1 Å². The van der Waals surface area contributed by atoms with E-state index in [1.165, 1.54) is 0 Å². The molecule has 0 aliphatic rings. The zero-order valence-electron chi connectivity index (χ0n) is 11.7. The molecular formula is C16H14N4O2. The Morgan fingerprint density at radius 2 is 1.95 bits per heavy atom. The second kappa shape index (κ2) is 6.19. The Balaban J connectivity index is 1.80. The second-order valence-electron chi connectivity index (χ2n) is 4.77. The standard InChI is InChI=1S/C16H14N4O2/c21-16(19-22)14-8-4-5-12(9-14)10-20-11-17-15(18-20)13-6-2-1-3-7-13/h1-9,11,22H,10H2,(H,19,21). The van der Waals surface area contributed by atoms with E-state index < -0.39 is 5.91 Å². The first-order valence-electron chi connectivity index (χ1n) is 6.74. The molecule has 6 heteroatoms. The molecule has 0 atom stereocenters. The van der Waals surface area contributed by atoms with Crippen LogP contribution >= 0.6 is 0 Å². The zero-order valence-corrected chi connectivity index (χ0v) is 11.7. The highest BCUT2D eigenvalue weighted by molar-refractivity contribution is 5.93. The largest absolute Gasteiger partial charge is 0.288 e. The normalized spacial score (nSPS) is 10.4. The molecule has 0 spiro atoms. The lowest BCUT2D eigenvalue weighted by atomic mass is 10.1. The van der Waals surface area contributed by atoms with Crippen molar-refractivity contribution in [2.75, 3.05) is 0 Å². The molecule has 0 bridgehead atoms. The lowest BCUT2D eigenvalue weighted by Gasteiger charge is -2.04. The Bertz CT molecular complexity index is 784. The van der Waals surface area contributed by atoms with Crippen molar-refractivity contribution in [1.82, 2.24) is 20.2 Å². The molecule has 110 valence electrons. The average Bonchev–Trinajstić information content (AvgIpc) is 3.03. The van der Waals surface area contributed by atoms with Crippen LogP contribution in [0.5, 0.6) is 0 Å². The number of nitrogens with one attached hydrogen (secondary N) is 1. The van der Waals surface area contributed by atoms with Gasteiger partial charge < -0.3 is 0 Å². The summed E-state index contributed by atoms with van der Waals surface area (Å²) in [6.45, 7) is 0.492. The summed E-state index contributed by atoms with van der Waals surface area (Å²) >= 11 is 0. The summed E-state index contributed by atoms with van der Waals surface area (Å²) in [6, 6.07) is 16.7. The van der Waals surface area contributed by atoms with Gasteiger partial charge >= 0.3 is 0 Å². The van der Waals surface area contributed by atoms with Crippen LogP contribution in [0.25, 0.3) is 11.4 Å². The molecule has 0 radical (unpaired) electrons. The number of amides is 1. The van der Waals surface area contributed by atoms with Crippen LogP contribution in [0, 0.1) is 0 Å². The molecule has 0 aliphatic heterocycles. The lowest BCUT2D eigenvalue weighted by molar-refractivity contribution is 0.0706. The van der Waals surface area contributed by atoms with E-state index in [2.05, 4.69) is 10.1 Å². The highest BCUT2D eigenvalue weighted by atomic mass is 16.5. The summed E-state index contributed by atoms with van der Waals surface area (Å²) in [5.74, 6) is 0.121. The Kier molecular flexibility index (Phi) is 3.93. The molecule has 0 saturated heterocycles. The number of aromatic nitrogens is 3. The molecule has 0 aliphatic carbocycles. The van der Waals surface area contributed by atoms with Gasteiger partial charge in [0.15, 0.2) is 5.82 Å². The minimum absolute atomic E-state index is 0.392. The van der Waals surface area contributed by atoms with E-state index in [1.807, 2.05) is 36.4 Å². The van der Waals surface area contributed by atoms with Crippen LogP contribution in [0.3, 0.4) is 0 Å². The summed E-state index contributed by atoms with van der Waals surface area (Å²) in [7, 11) is 0. The monoisotopic (exact) mass is 294 g/mol. The van der Waals surface area contributed by atoms with E-state index in [4.69, 9.17) is 5.21 Å². The van der Waals surface area contributed by atoms with Crippen molar-refractivity contribution in [2.45, 2.75) is 6.54 Å². The molecule has 0 fully saturated rings. The number of carbonyl (C=O) groups excluding carboxylic acids is 1. The number of hydrogen-bond donors (Lipinski definition) is 2. The molecule has 6 nitrogen and oxygen atoms in total. The summed E-state index contributed by atoms with van der Waals surface area (Å²) in [6.07, 6.45) is 1.65. The summed E-state index contributed by atoms with van der Waals surface area (Å²) in [5, 5.41) is 13.1. The molecule has 3 aromatic rings. The fourth-order valence-corrected chi connectivity index (χ4v) is 2.15. The van der Waals surface area contributed by atoms with Crippen LogP contribution in [-0.2, 0) is 6.54 Å². The van der Waals surface area contributed by atoms with Crippen LogP contribution < -0.4 is 5.48 Å². The highest BCUT2D eigenvalue weighted by Gasteiger charge is 2.07. The van der Waals surface area contributed by atoms with E-state index >= 15 is 0 Å². The first kappa shape index (κ1) is 14.0. The van der Waals surface area contributed by atoms with E-state index in [1.54, 1.807) is 34.7 Å². The minimum Gasteiger partial charge on any atom is -0.288 e. The number of carbonyl (C=O) groups is 1. The van der Waals surface area contributed by atoms with E-state index in [0.717, 1.165) is 11.1 Å². The van der Waals surface area contributed by atoms with Gasteiger partial charge in [0.1, 0.15) is 6.33 Å². The predicted molar refractivity (Wildman–Crippen MR) is 80.3 cm³/mol. The van der Waals surface area contributed by atoms with Gasteiger partial charge in [-0.05, 0) is 17.7 Å². The van der Waals surface area contributed by atoms with Gasteiger partial charge in [0, 0.05) is 11.1 Å². The number of benzene rings is 2. The van der Waals surface area contributed by atoms with Gasteiger partial charge in [0.05, 0.1) is 6.54 Å². The fraction of sp³-hybridized carbons (Fsp3) is 0.0625. The maximum Gasteiger partial charge on any atom is 0.274 e. The highest BCUT2D eigenvalue weighted by Crippen LogP contribution is 2.14. The van der Waals surface area contributed by atoms with Crippen molar-refractivity contribution < 1.29 is 10.0 Å². The van der Waals surface area contributed by atoms with Crippen molar-refractivity contribution in [3.8, 4) is 11.4 Å². The Morgan fingerprint density at radius 3 is 2.73 bits per heavy atom. The second-order valence-corrected chi connectivity index (χ2v) is 4.77. The maximum absolute atomic E-state index is 11.4. The Morgan fingerprint density at radius 1 is 1.14 bits per heavy atom. The minimum atomic E-state index is -0.537. The van der Waals surface area contributed by atoms with E-state index in [0.29, 0.717) is 17.9 Å². The number of hydroxylamine groups is 1. The third kappa shape index (κ3) is 3.02. The van der Waals surface area contributed by atoms with Gasteiger partial charge in [-0.15, -0.1) is 0 Å². The molecule has 2 aromatic carbocycles. The first-order chi connectivity index (χ1) is 10.8. The molecule has 2 N–H and O–H groups in total. The smallest absolute Gasteiger partial charge is 0.274 e. The first-order valence-corrected chi connectivity index (χ1v) is 6.74. The van der Waals surface area contributed by atoms with Crippen LogP contribution in [0.2, 0.25) is 0 Å². The van der Waals surface area contributed by atoms with Crippen LogP contribution in [0.4, 0.5) is 0 Å². The fourth-order valence-electron chi connectivity index (χ4n) is 2.15. The molecule has 1 amide bonds. The average molecular weight is 294 g/mol. The Hall–Kier alpha value is -2.99. The summed E-state index contributed by atoms with van der Waals surface area (Å²) < 4.78 is 1.71. The third-order valence-corrected chi connectivity index (χ3v) is 3.20. The summed E-state index contributed by atoms with van der Waals surface area (Å²) in [5.41, 5.74) is 3.86. The Labute approximate surface area is 127 Å². The maximum atomic E-state index is 11.4. The SMILES string of the molecule is O=C(NO)c1cccc(Cn2cnc(-c3ccccc3)n2)c1. The molecule has 1 heterocycles. The molecule has 22 heavy (non-hydrogen) atoms. The summed E-state index contributed by atoms with van der Waals surface area (Å²) in [4.78, 5) is 15.7. The van der Waals surface area contributed by atoms with E-state index in [-0.39, 0.29) is 0 Å². The lowest BCUT2D eigenvalue weighted by Crippen LogP contribution is -2.18. The van der Waals surface area contributed by atoms with Gasteiger partial charge in [-0.3, -0.25) is 10.0 Å². The van der Waals surface area contributed by atoms with Crippen molar-refractivity contribution in [1.29, 1.82) is 0 Å². The van der Waals surface area contributed by atoms with Gasteiger partial charge in [0.2, 0.25) is 0 Å². The quantitative estimate of drug-likeness (QED) is 0.570. The number of nitrogens with zero attached hydrogens (tertiary/aromatic N) is 3. The topological polar surface area (TPSA) is 80.0 Å². The van der Waals surface area contributed by atoms with E-state index in [9.17, 15) is 4.79 Å². The number of hydrogen-bond acceptors (Lipinski definition) is 4. The predicted octanol–water partition coefficient (Wildman–Crippen LogP) is 2.11. The molecule has 0 saturated carbocycles. The van der Waals surface area contributed by atoms with Gasteiger partial charge in [0.25, 0.3) is 5.91 Å². The molecule has 3 rings (SSSR count). The third-order valence-electron chi connectivity index (χ3n) is 3.20. The van der Waals surface area contributed by atoms with Crippen LogP contribution in [0.15, 0.2) is 60.9 Å². The van der Waals surface area contributed by atoms with Gasteiger partial charge in [-0.1, -0.05) is 42.5 Å². The van der Waals surface area contributed by atoms with Gasteiger partial charge in [-0.2, -0.15) is 5.10 Å². The van der Waals surface area contributed by atoms with Crippen LogP contribution in [-0.4, -0.2) is 25.9 Å². The molecule has 0 unspecified atom stereocenters. The zero-order chi connectivity index (χ0) is 15.4. The van der Waals surface area contributed by atoms with Crippen molar-refractivity contribution in [3.63, 3.8) is 0 Å². The number of rotatable bonds is 4. The molecule has 1 aromatic heterocycles. The van der Waals surface area contributed by atoms with Gasteiger partial charge in [-0.25, -0.2) is 15.1 Å². The van der Waals surface area contributed by atoms with Crippen molar-refractivity contribution in [2.24, 2.45) is 0 Å². The molecular weight excluding hydrogens is 280 g/mol. The van der Waals surface area contributed by atoms with Crippen molar-refractivity contribution >= 4 is 5.91 Å².